The molecule has 0 heterocycles. The standard InChI is InChI=1S/C18H18O3/c1-3-7-13-10-11-15(16(12-13)21-2)17(18(19)20)14-8-5-4-6-9-14/h3-6,8-12,17H,1,7H2,2H3,(H,19,20)/t17-/m0/s1. The normalized spacial score (nSPS) is 11.7. The zero-order chi connectivity index (χ0) is 15.2. The predicted octanol–water partition coefficient (Wildman–Crippen LogP) is 3.64. The van der Waals surface area contributed by atoms with Gasteiger partial charge in [-0.3, -0.25) is 4.79 Å². The van der Waals surface area contributed by atoms with E-state index in [-0.39, 0.29) is 0 Å². The van der Waals surface area contributed by atoms with Crippen LogP contribution in [0.25, 0.3) is 0 Å². The molecule has 1 atom stereocenters. The molecule has 0 aliphatic carbocycles. The first kappa shape index (κ1) is 14.9. The first-order valence-corrected chi connectivity index (χ1v) is 6.72. The minimum absolute atomic E-state index is 0.589. The third-order valence-corrected chi connectivity index (χ3v) is 3.37. The highest BCUT2D eigenvalue weighted by Crippen LogP contribution is 2.33. The molecule has 21 heavy (non-hydrogen) atoms. The van der Waals surface area contributed by atoms with E-state index in [1.165, 1.54) is 0 Å². The fourth-order valence-electron chi connectivity index (χ4n) is 2.39. The monoisotopic (exact) mass is 282 g/mol. The molecule has 0 saturated carbocycles. The fourth-order valence-corrected chi connectivity index (χ4v) is 2.39. The topological polar surface area (TPSA) is 46.5 Å². The van der Waals surface area contributed by atoms with E-state index in [4.69, 9.17) is 4.74 Å². The van der Waals surface area contributed by atoms with E-state index in [0.29, 0.717) is 11.3 Å². The molecule has 3 heteroatoms. The highest BCUT2D eigenvalue weighted by molar-refractivity contribution is 5.81. The van der Waals surface area contributed by atoms with Gasteiger partial charge in [0, 0.05) is 5.56 Å². The van der Waals surface area contributed by atoms with Crippen molar-refractivity contribution >= 4 is 5.97 Å². The lowest BCUT2D eigenvalue weighted by molar-refractivity contribution is -0.137. The van der Waals surface area contributed by atoms with Gasteiger partial charge in [0.05, 0.1) is 7.11 Å². The number of aliphatic carboxylic acids is 1. The van der Waals surface area contributed by atoms with Crippen molar-refractivity contribution in [1.82, 2.24) is 0 Å². The van der Waals surface area contributed by atoms with Crippen LogP contribution in [0.1, 0.15) is 22.6 Å². The van der Waals surface area contributed by atoms with Crippen LogP contribution in [0.3, 0.4) is 0 Å². The van der Waals surface area contributed by atoms with Crippen molar-refractivity contribution in [2.45, 2.75) is 12.3 Å². The van der Waals surface area contributed by atoms with E-state index in [1.54, 1.807) is 13.2 Å². The van der Waals surface area contributed by atoms with Crippen molar-refractivity contribution in [3.63, 3.8) is 0 Å². The minimum atomic E-state index is -0.893. The number of hydrogen-bond acceptors (Lipinski definition) is 2. The lowest BCUT2D eigenvalue weighted by Gasteiger charge is -2.17. The Labute approximate surface area is 124 Å². The SMILES string of the molecule is C=CCc1ccc([C@@H](C(=O)O)c2ccccc2)c(OC)c1. The zero-order valence-electron chi connectivity index (χ0n) is 12.0. The Bertz CT molecular complexity index is 632. The third-order valence-electron chi connectivity index (χ3n) is 3.37. The van der Waals surface area contributed by atoms with Crippen LogP contribution in [0.2, 0.25) is 0 Å². The summed E-state index contributed by atoms with van der Waals surface area (Å²) in [7, 11) is 1.56. The number of hydrogen-bond donors (Lipinski definition) is 1. The van der Waals surface area contributed by atoms with Crippen LogP contribution in [0.5, 0.6) is 5.75 Å². The van der Waals surface area contributed by atoms with Crippen LogP contribution in [-0.2, 0) is 11.2 Å². The van der Waals surface area contributed by atoms with Gasteiger partial charge in [0.25, 0.3) is 0 Å². The Morgan fingerprint density at radius 3 is 2.57 bits per heavy atom. The van der Waals surface area contributed by atoms with E-state index in [9.17, 15) is 9.90 Å². The van der Waals surface area contributed by atoms with E-state index in [1.807, 2.05) is 48.5 Å². The number of benzene rings is 2. The maximum atomic E-state index is 11.7. The maximum absolute atomic E-state index is 11.7. The number of ether oxygens (including phenoxy) is 1. The van der Waals surface area contributed by atoms with Gasteiger partial charge >= 0.3 is 5.97 Å². The van der Waals surface area contributed by atoms with Gasteiger partial charge in [-0.1, -0.05) is 48.5 Å². The number of carboxylic acids is 1. The van der Waals surface area contributed by atoms with Crippen LogP contribution in [0, 0.1) is 0 Å². The lowest BCUT2D eigenvalue weighted by Crippen LogP contribution is -2.14. The summed E-state index contributed by atoms with van der Waals surface area (Å²) in [6, 6.07) is 14.8. The Morgan fingerprint density at radius 2 is 2.00 bits per heavy atom. The summed E-state index contributed by atoms with van der Waals surface area (Å²) >= 11 is 0. The van der Waals surface area contributed by atoms with E-state index in [0.717, 1.165) is 17.5 Å². The molecule has 0 aromatic heterocycles. The summed E-state index contributed by atoms with van der Waals surface area (Å²) in [4.78, 5) is 11.7. The molecule has 1 N–H and O–H groups in total. The first-order chi connectivity index (χ1) is 10.2. The summed E-state index contributed by atoms with van der Waals surface area (Å²) in [5.41, 5.74) is 2.44. The summed E-state index contributed by atoms with van der Waals surface area (Å²) < 4.78 is 5.39. The second kappa shape index (κ2) is 6.75. The molecule has 0 aliphatic heterocycles. The smallest absolute Gasteiger partial charge is 0.315 e. The molecule has 0 spiro atoms. The molecule has 0 saturated heterocycles. The van der Waals surface area contributed by atoms with Gasteiger partial charge < -0.3 is 9.84 Å². The molecule has 0 unspecified atom stereocenters. The van der Waals surface area contributed by atoms with Crippen LogP contribution < -0.4 is 4.74 Å². The maximum Gasteiger partial charge on any atom is 0.315 e. The first-order valence-electron chi connectivity index (χ1n) is 6.72. The number of carboxylic acid groups (broad SMARTS) is 1. The molecule has 0 bridgehead atoms. The molecular weight excluding hydrogens is 264 g/mol. The van der Waals surface area contributed by atoms with Gasteiger partial charge in [-0.2, -0.15) is 0 Å². The van der Waals surface area contributed by atoms with Gasteiger partial charge in [-0.15, -0.1) is 6.58 Å². The fraction of sp³-hybridized carbons (Fsp3) is 0.167. The molecule has 2 rings (SSSR count). The Hall–Kier alpha value is -2.55. The van der Waals surface area contributed by atoms with Gasteiger partial charge in [0.1, 0.15) is 11.7 Å². The number of carbonyl (C=O) groups is 1. The van der Waals surface area contributed by atoms with Crippen molar-refractivity contribution in [2.75, 3.05) is 7.11 Å². The predicted molar refractivity (Wildman–Crippen MR) is 82.8 cm³/mol. The van der Waals surface area contributed by atoms with E-state index >= 15 is 0 Å². The quantitative estimate of drug-likeness (QED) is 0.823. The largest absolute Gasteiger partial charge is 0.496 e. The molecule has 2 aromatic rings. The molecule has 0 fully saturated rings. The van der Waals surface area contributed by atoms with Gasteiger partial charge in [0.2, 0.25) is 0 Å². The van der Waals surface area contributed by atoms with Gasteiger partial charge in [-0.25, -0.2) is 0 Å². The highest BCUT2D eigenvalue weighted by Gasteiger charge is 2.25. The van der Waals surface area contributed by atoms with Crippen molar-refractivity contribution in [2.24, 2.45) is 0 Å². The molecule has 2 aromatic carbocycles. The molecule has 0 radical (unpaired) electrons. The number of methoxy groups -OCH3 is 1. The Kier molecular flexibility index (Phi) is 4.77. The van der Waals surface area contributed by atoms with Crippen molar-refractivity contribution < 1.29 is 14.6 Å². The highest BCUT2D eigenvalue weighted by atomic mass is 16.5. The zero-order valence-corrected chi connectivity index (χ0v) is 12.0. The summed E-state index contributed by atoms with van der Waals surface area (Å²) in [6.07, 6.45) is 2.53. The minimum Gasteiger partial charge on any atom is -0.496 e. The molecule has 3 nitrogen and oxygen atoms in total. The number of allylic oxidation sites excluding steroid dienone is 1. The van der Waals surface area contributed by atoms with Gasteiger partial charge in [-0.05, 0) is 23.6 Å². The van der Waals surface area contributed by atoms with Crippen LogP contribution in [-0.4, -0.2) is 18.2 Å². The molecule has 0 amide bonds. The van der Waals surface area contributed by atoms with Crippen molar-refractivity contribution in [3.05, 3.63) is 77.9 Å². The van der Waals surface area contributed by atoms with Crippen LogP contribution >= 0.6 is 0 Å². The second-order valence-electron chi connectivity index (χ2n) is 4.75. The average Bonchev–Trinajstić information content (AvgIpc) is 2.50. The van der Waals surface area contributed by atoms with E-state index < -0.39 is 11.9 Å². The third kappa shape index (κ3) is 3.31. The summed E-state index contributed by atoms with van der Waals surface area (Å²) in [5, 5.41) is 9.60. The van der Waals surface area contributed by atoms with Crippen molar-refractivity contribution in [3.8, 4) is 5.75 Å². The lowest BCUT2D eigenvalue weighted by atomic mass is 9.90. The van der Waals surface area contributed by atoms with Crippen molar-refractivity contribution in [1.29, 1.82) is 0 Å². The Balaban J connectivity index is 2.50. The summed E-state index contributed by atoms with van der Waals surface area (Å²) in [5.74, 6) is -1.04. The summed E-state index contributed by atoms with van der Waals surface area (Å²) in [6.45, 7) is 3.71. The van der Waals surface area contributed by atoms with Gasteiger partial charge in [0.15, 0.2) is 0 Å². The molecule has 108 valence electrons. The molecular formula is C18H18O3. The van der Waals surface area contributed by atoms with Crippen LogP contribution in [0.15, 0.2) is 61.2 Å². The number of rotatable bonds is 6. The second-order valence-corrected chi connectivity index (χ2v) is 4.75. The van der Waals surface area contributed by atoms with E-state index in [2.05, 4.69) is 6.58 Å². The average molecular weight is 282 g/mol. The molecule has 0 aliphatic rings. The Morgan fingerprint density at radius 1 is 1.29 bits per heavy atom. The van der Waals surface area contributed by atoms with Crippen LogP contribution in [0.4, 0.5) is 0 Å².